The molecular formula is C12H10BrN3O. The number of nitrogens with two attached hydrogens (primary N) is 1. The number of fused-ring (bicyclic) bond motifs is 1. The fraction of sp³-hybridized carbons (Fsp3) is 0.0833. The van der Waals surface area contributed by atoms with E-state index >= 15 is 0 Å². The molecule has 5 heteroatoms. The molecule has 4 nitrogen and oxygen atoms in total. The van der Waals surface area contributed by atoms with Crippen LogP contribution in [-0.4, -0.2) is 9.38 Å². The van der Waals surface area contributed by atoms with Gasteiger partial charge in [0.25, 0.3) is 0 Å². The molecule has 0 bridgehead atoms. The predicted molar refractivity (Wildman–Crippen MR) is 68.5 cm³/mol. The summed E-state index contributed by atoms with van der Waals surface area (Å²) in [5, 5.41) is 0. The monoisotopic (exact) mass is 291 g/mol. The summed E-state index contributed by atoms with van der Waals surface area (Å²) in [7, 11) is 0. The van der Waals surface area contributed by atoms with Crippen LogP contribution in [0.5, 0.6) is 0 Å². The summed E-state index contributed by atoms with van der Waals surface area (Å²) in [4.78, 5) is 4.57. The molecule has 0 radical (unpaired) electrons. The average Bonchev–Trinajstić information content (AvgIpc) is 2.95. The van der Waals surface area contributed by atoms with Gasteiger partial charge in [0.1, 0.15) is 5.69 Å². The molecule has 0 spiro atoms. The summed E-state index contributed by atoms with van der Waals surface area (Å²) >= 11 is 3.48. The topological polar surface area (TPSA) is 56.5 Å². The Bertz CT molecular complexity index is 658. The van der Waals surface area contributed by atoms with Gasteiger partial charge in [0, 0.05) is 12.7 Å². The first-order valence-electron chi connectivity index (χ1n) is 5.20. The Morgan fingerprint density at radius 3 is 2.94 bits per heavy atom. The van der Waals surface area contributed by atoms with Gasteiger partial charge >= 0.3 is 0 Å². The molecule has 0 aromatic carbocycles. The van der Waals surface area contributed by atoms with Crippen molar-refractivity contribution in [3.8, 4) is 11.5 Å². The quantitative estimate of drug-likeness (QED) is 0.790. The molecule has 3 aromatic rings. The van der Waals surface area contributed by atoms with Crippen LogP contribution in [0.2, 0.25) is 0 Å². The van der Waals surface area contributed by atoms with E-state index in [0.717, 1.165) is 27.3 Å². The number of aromatic nitrogens is 2. The normalized spacial score (nSPS) is 11.2. The first kappa shape index (κ1) is 10.6. The lowest BCUT2D eigenvalue weighted by molar-refractivity contribution is 0.579. The molecule has 0 aliphatic carbocycles. The van der Waals surface area contributed by atoms with Gasteiger partial charge in [-0.25, -0.2) is 4.98 Å². The van der Waals surface area contributed by atoms with Crippen LogP contribution in [0.15, 0.2) is 45.6 Å². The van der Waals surface area contributed by atoms with Crippen LogP contribution in [-0.2, 0) is 6.54 Å². The van der Waals surface area contributed by atoms with Gasteiger partial charge in [-0.3, -0.25) is 0 Å². The van der Waals surface area contributed by atoms with Crippen molar-refractivity contribution in [3.63, 3.8) is 0 Å². The summed E-state index contributed by atoms with van der Waals surface area (Å²) in [5.74, 6) is 0.737. The van der Waals surface area contributed by atoms with Crippen molar-refractivity contribution in [2.24, 2.45) is 5.73 Å². The van der Waals surface area contributed by atoms with Crippen molar-refractivity contribution in [3.05, 3.63) is 46.9 Å². The van der Waals surface area contributed by atoms with E-state index in [1.54, 1.807) is 6.26 Å². The van der Waals surface area contributed by atoms with Gasteiger partial charge in [-0.15, -0.1) is 0 Å². The molecule has 0 unspecified atom stereocenters. The van der Waals surface area contributed by atoms with Crippen molar-refractivity contribution in [1.82, 2.24) is 9.38 Å². The van der Waals surface area contributed by atoms with E-state index in [9.17, 15) is 0 Å². The lowest BCUT2D eigenvalue weighted by Gasteiger charge is -2.00. The van der Waals surface area contributed by atoms with E-state index in [0.29, 0.717) is 6.54 Å². The second-order valence-electron chi connectivity index (χ2n) is 3.64. The van der Waals surface area contributed by atoms with Crippen molar-refractivity contribution >= 4 is 21.6 Å². The molecule has 3 aromatic heterocycles. The zero-order chi connectivity index (χ0) is 11.8. The van der Waals surface area contributed by atoms with E-state index in [4.69, 9.17) is 10.2 Å². The SMILES string of the molecule is NCc1c(-c2ccco2)nc2c(Br)cccn12. The van der Waals surface area contributed by atoms with E-state index in [1.165, 1.54) is 0 Å². The third-order valence-electron chi connectivity index (χ3n) is 2.65. The maximum absolute atomic E-state index is 5.80. The van der Waals surface area contributed by atoms with E-state index in [-0.39, 0.29) is 0 Å². The molecule has 0 saturated carbocycles. The number of nitrogens with zero attached hydrogens (tertiary/aromatic N) is 2. The predicted octanol–water partition coefficient (Wildman–Crippen LogP) is 2.82. The van der Waals surface area contributed by atoms with Gasteiger partial charge in [-0.1, -0.05) is 0 Å². The van der Waals surface area contributed by atoms with Crippen LogP contribution < -0.4 is 5.73 Å². The maximum atomic E-state index is 5.80. The van der Waals surface area contributed by atoms with Crippen molar-refractivity contribution in [2.45, 2.75) is 6.54 Å². The molecule has 0 amide bonds. The van der Waals surface area contributed by atoms with Gasteiger partial charge in [0.05, 0.1) is 16.4 Å². The van der Waals surface area contributed by atoms with Crippen molar-refractivity contribution < 1.29 is 4.42 Å². The zero-order valence-corrected chi connectivity index (χ0v) is 10.5. The molecule has 0 saturated heterocycles. The van der Waals surface area contributed by atoms with Crippen LogP contribution in [0.25, 0.3) is 17.1 Å². The Labute approximate surface area is 106 Å². The zero-order valence-electron chi connectivity index (χ0n) is 8.93. The summed E-state index contributed by atoms with van der Waals surface area (Å²) in [5.41, 5.74) is 8.38. The second kappa shape index (κ2) is 4.01. The Balaban J connectivity index is 2.36. The highest BCUT2D eigenvalue weighted by atomic mass is 79.9. The minimum absolute atomic E-state index is 0.410. The standard InChI is InChI=1S/C12H10BrN3O/c13-8-3-1-5-16-9(7-14)11(15-12(8)16)10-4-2-6-17-10/h1-6H,7,14H2. The molecule has 0 aliphatic rings. The lowest BCUT2D eigenvalue weighted by Crippen LogP contribution is -2.02. The van der Waals surface area contributed by atoms with Gasteiger partial charge in [0.15, 0.2) is 11.4 Å². The van der Waals surface area contributed by atoms with Gasteiger partial charge in [0.2, 0.25) is 0 Å². The molecule has 17 heavy (non-hydrogen) atoms. The number of halogens is 1. The molecule has 0 aliphatic heterocycles. The lowest BCUT2D eigenvalue weighted by atomic mass is 10.2. The highest BCUT2D eigenvalue weighted by Crippen LogP contribution is 2.27. The summed E-state index contributed by atoms with van der Waals surface area (Å²) in [6.07, 6.45) is 3.58. The number of hydrogen-bond donors (Lipinski definition) is 1. The van der Waals surface area contributed by atoms with Crippen LogP contribution in [0, 0.1) is 0 Å². The van der Waals surface area contributed by atoms with Crippen LogP contribution in [0.4, 0.5) is 0 Å². The van der Waals surface area contributed by atoms with Gasteiger partial charge < -0.3 is 14.6 Å². The highest BCUT2D eigenvalue weighted by Gasteiger charge is 2.15. The van der Waals surface area contributed by atoms with E-state index in [1.807, 2.05) is 34.9 Å². The fourth-order valence-electron chi connectivity index (χ4n) is 1.89. The molecule has 3 rings (SSSR count). The van der Waals surface area contributed by atoms with Crippen molar-refractivity contribution in [1.29, 1.82) is 0 Å². The maximum Gasteiger partial charge on any atom is 0.154 e. The third kappa shape index (κ3) is 1.59. The van der Waals surface area contributed by atoms with E-state index < -0.39 is 0 Å². The van der Waals surface area contributed by atoms with Gasteiger partial charge in [-0.05, 0) is 40.2 Å². The van der Waals surface area contributed by atoms with Crippen LogP contribution in [0.1, 0.15) is 5.69 Å². The summed E-state index contributed by atoms with van der Waals surface area (Å²) in [6.45, 7) is 0.410. The number of imidazole rings is 1. The average molecular weight is 292 g/mol. The Morgan fingerprint density at radius 1 is 1.35 bits per heavy atom. The fourth-order valence-corrected chi connectivity index (χ4v) is 2.32. The molecular weight excluding hydrogens is 282 g/mol. The Kier molecular flexibility index (Phi) is 2.49. The summed E-state index contributed by atoms with van der Waals surface area (Å²) in [6, 6.07) is 7.63. The molecule has 0 atom stereocenters. The third-order valence-corrected chi connectivity index (χ3v) is 3.27. The smallest absolute Gasteiger partial charge is 0.154 e. The minimum atomic E-state index is 0.410. The van der Waals surface area contributed by atoms with Gasteiger partial charge in [-0.2, -0.15) is 0 Å². The number of furan rings is 1. The van der Waals surface area contributed by atoms with E-state index in [2.05, 4.69) is 20.9 Å². The molecule has 86 valence electrons. The Morgan fingerprint density at radius 2 is 2.24 bits per heavy atom. The second-order valence-corrected chi connectivity index (χ2v) is 4.49. The van der Waals surface area contributed by atoms with Crippen LogP contribution in [0.3, 0.4) is 0 Å². The summed E-state index contributed by atoms with van der Waals surface area (Å²) < 4.78 is 8.30. The van der Waals surface area contributed by atoms with Crippen LogP contribution >= 0.6 is 15.9 Å². The molecule has 0 fully saturated rings. The Hall–Kier alpha value is -1.59. The molecule has 3 heterocycles. The molecule has 2 N–H and O–H groups in total. The number of pyridine rings is 1. The number of hydrogen-bond acceptors (Lipinski definition) is 3. The highest BCUT2D eigenvalue weighted by molar-refractivity contribution is 9.10. The minimum Gasteiger partial charge on any atom is -0.463 e. The number of rotatable bonds is 2. The van der Waals surface area contributed by atoms with Crippen molar-refractivity contribution in [2.75, 3.05) is 0 Å². The first-order chi connectivity index (χ1) is 8.31. The first-order valence-corrected chi connectivity index (χ1v) is 6.00. The largest absolute Gasteiger partial charge is 0.463 e.